The van der Waals surface area contributed by atoms with Crippen molar-refractivity contribution >= 4 is 35.0 Å². The van der Waals surface area contributed by atoms with Crippen molar-refractivity contribution in [2.24, 2.45) is 0 Å². The standard InChI is InChI=1S/C12H14ClNO2S/c13-11-7-9(1-2-10(11)12(15)16)14-8-3-5-17-6-4-8/h1-2,7-8,14H,3-6H2,(H,15,16). The van der Waals surface area contributed by atoms with Crippen molar-refractivity contribution in [2.45, 2.75) is 18.9 Å². The lowest BCUT2D eigenvalue weighted by molar-refractivity contribution is 0.0697. The fourth-order valence-electron chi connectivity index (χ4n) is 1.86. The van der Waals surface area contributed by atoms with E-state index in [1.807, 2.05) is 11.8 Å². The molecule has 0 amide bonds. The van der Waals surface area contributed by atoms with Crippen LogP contribution in [0.3, 0.4) is 0 Å². The molecule has 5 heteroatoms. The first kappa shape index (κ1) is 12.6. The molecule has 3 nitrogen and oxygen atoms in total. The van der Waals surface area contributed by atoms with E-state index >= 15 is 0 Å². The molecule has 0 aromatic heterocycles. The van der Waals surface area contributed by atoms with Crippen molar-refractivity contribution in [3.8, 4) is 0 Å². The third kappa shape index (κ3) is 3.30. The number of carboxylic acids is 1. The number of aromatic carboxylic acids is 1. The summed E-state index contributed by atoms with van der Waals surface area (Å²) in [7, 11) is 0. The Morgan fingerprint density at radius 3 is 2.71 bits per heavy atom. The second-order valence-electron chi connectivity index (χ2n) is 4.03. The lowest BCUT2D eigenvalue weighted by Crippen LogP contribution is -2.24. The lowest BCUT2D eigenvalue weighted by Gasteiger charge is -2.23. The fraction of sp³-hybridized carbons (Fsp3) is 0.417. The SMILES string of the molecule is O=C(O)c1ccc(NC2CCSCC2)cc1Cl. The molecule has 2 N–H and O–H groups in total. The Balaban J connectivity index is 2.06. The molecular weight excluding hydrogens is 258 g/mol. The van der Waals surface area contributed by atoms with Crippen molar-refractivity contribution in [2.75, 3.05) is 16.8 Å². The summed E-state index contributed by atoms with van der Waals surface area (Å²) in [5.41, 5.74) is 1.05. The highest BCUT2D eigenvalue weighted by molar-refractivity contribution is 7.99. The molecule has 0 bridgehead atoms. The summed E-state index contributed by atoms with van der Waals surface area (Å²) in [6.45, 7) is 0. The molecule has 17 heavy (non-hydrogen) atoms. The molecule has 1 saturated heterocycles. The van der Waals surface area contributed by atoms with Crippen LogP contribution < -0.4 is 5.32 Å². The summed E-state index contributed by atoms with van der Waals surface area (Å²) in [6.07, 6.45) is 2.28. The third-order valence-electron chi connectivity index (χ3n) is 2.79. The van der Waals surface area contributed by atoms with Crippen LogP contribution in [0.25, 0.3) is 0 Å². The molecule has 1 aromatic rings. The smallest absolute Gasteiger partial charge is 0.337 e. The molecule has 1 fully saturated rings. The number of hydrogen-bond donors (Lipinski definition) is 2. The van der Waals surface area contributed by atoms with E-state index in [0.29, 0.717) is 6.04 Å². The molecule has 0 spiro atoms. The first-order valence-corrected chi connectivity index (χ1v) is 7.07. The Morgan fingerprint density at radius 2 is 2.12 bits per heavy atom. The van der Waals surface area contributed by atoms with Crippen LogP contribution >= 0.6 is 23.4 Å². The highest BCUT2D eigenvalue weighted by atomic mass is 35.5. The van der Waals surface area contributed by atoms with Crippen LogP contribution in [0.4, 0.5) is 5.69 Å². The van der Waals surface area contributed by atoms with Crippen molar-refractivity contribution in [3.05, 3.63) is 28.8 Å². The largest absolute Gasteiger partial charge is 0.478 e. The van der Waals surface area contributed by atoms with E-state index in [0.717, 1.165) is 18.5 Å². The maximum atomic E-state index is 10.8. The van der Waals surface area contributed by atoms with Crippen LogP contribution in [0.1, 0.15) is 23.2 Å². The summed E-state index contributed by atoms with van der Waals surface area (Å²) < 4.78 is 0. The van der Waals surface area contributed by atoms with Gasteiger partial charge in [-0.3, -0.25) is 0 Å². The van der Waals surface area contributed by atoms with Crippen LogP contribution in [0, 0.1) is 0 Å². The molecule has 1 heterocycles. The summed E-state index contributed by atoms with van der Waals surface area (Å²) >= 11 is 7.89. The first-order valence-electron chi connectivity index (χ1n) is 5.54. The minimum absolute atomic E-state index is 0.149. The van der Waals surface area contributed by atoms with Crippen LogP contribution in [-0.4, -0.2) is 28.6 Å². The van der Waals surface area contributed by atoms with E-state index in [4.69, 9.17) is 16.7 Å². The van der Waals surface area contributed by atoms with E-state index < -0.39 is 5.97 Å². The van der Waals surface area contributed by atoms with Gasteiger partial charge in [-0.15, -0.1) is 0 Å². The number of carbonyl (C=O) groups is 1. The van der Waals surface area contributed by atoms with Crippen molar-refractivity contribution in [3.63, 3.8) is 0 Å². The van der Waals surface area contributed by atoms with Crippen LogP contribution in [0.15, 0.2) is 18.2 Å². The monoisotopic (exact) mass is 271 g/mol. The number of nitrogens with one attached hydrogen (secondary N) is 1. The van der Waals surface area contributed by atoms with E-state index in [2.05, 4.69) is 5.32 Å². The second kappa shape index (κ2) is 5.65. The Bertz CT molecular complexity index is 419. The highest BCUT2D eigenvalue weighted by Gasteiger charge is 2.14. The topological polar surface area (TPSA) is 49.3 Å². The normalized spacial score (nSPS) is 16.8. The second-order valence-corrected chi connectivity index (χ2v) is 5.66. The van der Waals surface area contributed by atoms with Crippen LogP contribution in [0.5, 0.6) is 0 Å². The number of anilines is 1. The molecule has 2 rings (SSSR count). The van der Waals surface area contributed by atoms with Gasteiger partial charge < -0.3 is 10.4 Å². The maximum absolute atomic E-state index is 10.8. The number of carboxylic acid groups (broad SMARTS) is 1. The third-order valence-corrected chi connectivity index (χ3v) is 4.15. The van der Waals surface area contributed by atoms with E-state index in [1.54, 1.807) is 18.2 Å². The minimum atomic E-state index is -0.990. The van der Waals surface area contributed by atoms with E-state index in [9.17, 15) is 4.79 Å². The number of halogens is 1. The summed E-state index contributed by atoms with van der Waals surface area (Å²) in [4.78, 5) is 10.8. The zero-order chi connectivity index (χ0) is 12.3. The maximum Gasteiger partial charge on any atom is 0.337 e. The van der Waals surface area contributed by atoms with Gasteiger partial charge in [0.25, 0.3) is 0 Å². The van der Waals surface area contributed by atoms with E-state index in [-0.39, 0.29) is 10.6 Å². The zero-order valence-corrected chi connectivity index (χ0v) is 10.9. The Kier molecular flexibility index (Phi) is 4.18. The van der Waals surface area contributed by atoms with Gasteiger partial charge in [0.1, 0.15) is 0 Å². The van der Waals surface area contributed by atoms with Gasteiger partial charge in [-0.2, -0.15) is 11.8 Å². The predicted molar refractivity (Wildman–Crippen MR) is 72.4 cm³/mol. The molecule has 1 aliphatic heterocycles. The molecule has 1 aliphatic rings. The van der Waals surface area contributed by atoms with Crippen LogP contribution in [0.2, 0.25) is 5.02 Å². The van der Waals surface area contributed by atoms with E-state index in [1.165, 1.54) is 11.5 Å². The number of thioether (sulfide) groups is 1. The Hall–Kier alpha value is -0.870. The van der Waals surface area contributed by atoms with Gasteiger partial charge in [0, 0.05) is 11.7 Å². The summed E-state index contributed by atoms with van der Waals surface area (Å²) in [5, 5.41) is 12.6. The number of benzene rings is 1. The van der Waals surface area contributed by atoms with Crippen LogP contribution in [-0.2, 0) is 0 Å². The molecular formula is C12H14ClNO2S. The average molecular weight is 272 g/mol. The fourth-order valence-corrected chi connectivity index (χ4v) is 3.22. The number of rotatable bonds is 3. The first-order chi connectivity index (χ1) is 8.16. The minimum Gasteiger partial charge on any atom is -0.478 e. The van der Waals surface area contributed by atoms with Gasteiger partial charge in [-0.1, -0.05) is 11.6 Å². The lowest BCUT2D eigenvalue weighted by atomic mass is 10.1. The Morgan fingerprint density at radius 1 is 1.41 bits per heavy atom. The van der Waals surface area contributed by atoms with Crippen molar-refractivity contribution in [1.82, 2.24) is 0 Å². The van der Waals surface area contributed by atoms with Gasteiger partial charge in [0.15, 0.2) is 0 Å². The van der Waals surface area contributed by atoms with Gasteiger partial charge in [-0.25, -0.2) is 4.79 Å². The molecule has 0 saturated carbocycles. The average Bonchev–Trinajstić information content (AvgIpc) is 2.30. The molecule has 0 atom stereocenters. The highest BCUT2D eigenvalue weighted by Crippen LogP contribution is 2.24. The van der Waals surface area contributed by atoms with Gasteiger partial charge in [0.05, 0.1) is 10.6 Å². The van der Waals surface area contributed by atoms with Gasteiger partial charge in [-0.05, 0) is 42.5 Å². The molecule has 92 valence electrons. The van der Waals surface area contributed by atoms with Crippen molar-refractivity contribution < 1.29 is 9.90 Å². The zero-order valence-electron chi connectivity index (χ0n) is 9.28. The van der Waals surface area contributed by atoms with Gasteiger partial charge in [0.2, 0.25) is 0 Å². The number of hydrogen-bond acceptors (Lipinski definition) is 3. The molecule has 0 unspecified atom stereocenters. The molecule has 0 radical (unpaired) electrons. The molecule has 1 aromatic carbocycles. The summed E-state index contributed by atoms with van der Waals surface area (Å²) in [5.74, 6) is 1.37. The summed E-state index contributed by atoms with van der Waals surface area (Å²) in [6, 6.07) is 5.48. The molecule has 0 aliphatic carbocycles. The predicted octanol–water partition coefficient (Wildman–Crippen LogP) is 3.35. The van der Waals surface area contributed by atoms with Crippen molar-refractivity contribution in [1.29, 1.82) is 0 Å². The quantitative estimate of drug-likeness (QED) is 0.885. The van der Waals surface area contributed by atoms with Gasteiger partial charge >= 0.3 is 5.97 Å². The Labute approximate surface area is 110 Å².